The first kappa shape index (κ1) is 23.4. The molecule has 0 spiro atoms. The first-order valence-electron chi connectivity index (χ1n) is 11.1. The van der Waals surface area contributed by atoms with Crippen LogP contribution in [0, 0.1) is 5.82 Å². The van der Waals surface area contributed by atoms with Crippen molar-refractivity contribution in [1.29, 1.82) is 0 Å². The normalized spacial score (nSPS) is 16.5. The zero-order valence-electron chi connectivity index (χ0n) is 18.6. The summed E-state index contributed by atoms with van der Waals surface area (Å²) in [5.74, 6) is -0.374. The maximum absolute atomic E-state index is 13.1. The molecule has 1 aliphatic rings. The number of nitrogens with one attached hydrogen (secondary N) is 1. The van der Waals surface area contributed by atoms with Gasteiger partial charge in [0, 0.05) is 32.7 Å². The van der Waals surface area contributed by atoms with Gasteiger partial charge in [0.1, 0.15) is 5.82 Å². The molecule has 8 heteroatoms. The Bertz CT molecular complexity index is 1220. The predicted octanol–water partition coefficient (Wildman–Crippen LogP) is 3.03. The van der Waals surface area contributed by atoms with E-state index in [0.717, 1.165) is 16.3 Å². The van der Waals surface area contributed by atoms with Gasteiger partial charge in [0.15, 0.2) is 0 Å². The van der Waals surface area contributed by atoms with Crippen LogP contribution in [0.1, 0.15) is 12.5 Å². The van der Waals surface area contributed by atoms with Crippen LogP contribution in [-0.4, -0.2) is 62.3 Å². The quantitative estimate of drug-likeness (QED) is 0.578. The molecule has 3 aromatic rings. The van der Waals surface area contributed by atoms with Crippen LogP contribution >= 0.6 is 0 Å². The summed E-state index contributed by atoms with van der Waals surface area (Å²) in [6.45, 7) is 3.94. The van der Waals surface area contributed by atoms with Crippen molar-refractivity contribution in [3.63, 3.8) is 0 Å². The Morgan fingerprint density at radius 3 is 2.33 bits per heavy atom. The van der Waals surface area contributed by atoms with Crippen molar-refractivity contribution >= 4 is 26.7 Å². The Morgan fingerprint density at radius 1 is 0.970 bits per heavy atom. The zero-order chi connectivity index (χ0) is 23.4. The Kier molecular flexibility index (Phi) is 7.07. The minimum absolute atomic E-state index is 0.0945. The Morgan fingerprint density at radius 2 is 1.64 bits per heavy atom. The van der Waals surface area contributed by atoms with Gasteiger partial charge in [0.05, 0.1) is 10.9 Å². The third kappa shape index (κ3) is 5.40. The van der Waals surface area contributed by atoms with Gasteiger partial charge in [0.25, 0.3) is 0 Å². The minimum Gasteiger partial charge on any atom is -0.354 e. The molecule has 0 aromatic heterocycles. The lowest BCUT2D eigenvalue weighted by molar-refractivity contribution is -0.126. The van der Waals surface area contributed by atoms with Gasteiger partial charge in [-0.25, -0.2) is 12.8 Å². The molecule has 0 saturated carbocycles. The summed E-state index contributed by atoms with van der Waals surface area (Å²) in [5, 5.41) is 4.81. The largest absolute Gasteiger partial charge is 0.354 e. The highest BCUT2D eigenvalue weighted by atomic mass is 32.2. The SMILES string of the molecule is CC(C(=O)NCCc1ccc(F)cc1)N1CCN(S(=O)(=O)c2ccc3ccccc3c2)CC1. The number of fused-ring (bicyclic) bond motifs is 1. The Balaban J connectivity index is 1.30. The Hall–Kier alpha value is -2.81. The molecule has 1 fully saturated rings. The highest BCUT2D eigenvalue weighted by Gasteiger charge is 2.31. The van der Waals surface area contributed by atoms with E-state index in [1.54, 1.807) is 24.3 Å². The third-order valence-corrected chi connectivity index (χ3v) is 8.08. The topological polar surface area (TPSA) is 69.7 Å². The van der Waals surface area contributed by atoms with Gasteiger partial charge in [-0.15, -0.1) is 0 Å². The summed E-state index contributed by atoms with van der Waals surface area (Å²) in [7, 11) is -3.59. The number of rotatable bonds is 7. The van der Waals surface area contributed by atoms with Crippen LogP contribution in [0.2, 0.25) is 0 Å². The second-order valence-corrected chi connectivity index (χ2v) is 10.2. The summed E-state index contributed by atoms with van der Waals surface area (Å²) in [4.78, 5) is 14.9. The molecule has 1 amide bonds. The molecule has 0 bridgehead atoms. The number of hydrogen-bond acceptors (Lipinski definition) is 4. The number of amides is 1. The molecular formula is C25H28FN3O3S. The summed E-state index contributed by atoms with van der Waals surface area (Å²) < 4.78 is 40.8. The number of sulfonamides is 1. The van der Waals surface area contributed by atoms with Gasteiger partial charge in [-0.2, -0.15) is 4.31 Å². The maximum Gasteiger partial charge on any atom is 0.243 e. The van der Waals surface area contributed by atoms with Crippen molar-refractivity contribution in [2.24, 2.45) is 0 Å². The summed E-state index contributed by atoms with van der Waals surface area (Å²) >= 11 is 0. The van der Waals surface area contributed by atoms with Crippen LogP contribution in [0.25, 0.3) is 10.8 Å². The van der Waals surface area contributed by atoms with Crippen LogP contribution in [-0.2, 0) is 21.2 Å². The molecule has 1 heterocycles. The first-order chi connectivity index (χ1) is 15.8. The first-order valence-corrected chi connectivity index (χ1v) is 12.5. The summed E-state index contributed by atoms with van der Waals surface area (Å²) in [6.07, 6.45) is 0.622. The maximum atomic E-state index is 13.1. The number of benzene rings is 3. The lowest BCUT2D eigenvalue weighted by atomic mass is 10.1. The minimum atomic E-state index is -3.59. The highest BCUT2D eigenvalue weighted by Crippen LogP contribution is 2.23. The van der Waals surface area contributed by atoms with E-state index in [1.165, 1.54) is 16.4 Å². The fraction of sp³-hybridized carbons (Fsp3) is 0.320. The van der Waals surface area contributed by atoms with Crippen molar-refractivity contribution in [1.82, 2.24) is 14.5 Å². The highest BCUT2D eigenvalue weighted by molar-refractivity contribution is 7.89. The molecular weight excluding hydrogens is 441 g/mol. The van der Waals surface area contributed by atoms with Gasteiger partial charge < -0.3 is 5.32 Å². The van der Waals surface area contributed by atoms with Crippen molar-refractivity contribution in [3.8, 4) is 0 Å². The number of carbonyl (C=O) groups is 1. The Labute approximate surface area is 194 Å². The number of piperazine rings is 1. The van der Waals surface area contributed by atoms with Crippen molar-refractivity contribution < 1.29 is 17.6 Å². The smallest absolute Gasteiger partial charge is 0.243 e. The lowest BCUT2D eigenvalue weighted by Crippen LogP contribution is -2.55. The second-order valence-electron chi connectivity index (χ2n) is 8.29. The standard InChI is InChI=1S/C25H28FN3O3S/c1-19(25(30)27-13-12-20-6-9-23(26)10-7-20)28-14-16-29(17-15-28)33(31,32)24-11-8-21-4-2-3-5-22(21)18-24/h2-11,18-19H,12-17H2,1H3,(H,27,30). The summed E-state index contributed by atoms with van der Waals surface area (Å²) in [6, 6.07) is 18.8. The van der Waals surface area contributed by atoms with Crippen LogP contribution in [0.15, 0.2) is 71.6 Å². The second kappa shape index (κ2) is 9.99. The van der Waals surface area contributed by atoms with E-state index in [2.05, 4.69) is 5.32 Å². The van der Waals surface area contributed by atoms with Crippen LogP contribution in [0.5, 0.6) is 0 Å². The average Bonchev–Trinajstić information content (AvgIpc) is 2.84. The van der Waals surface area contributed by atoms with Gasteiger partial charge in [-0.05, 0) is 53.9 Å². The lowest BCUT2D eigenvalue weighted by Gasteiger charge is -2.36. The molecule has 0 radical (unpaired) electrons. The van der Waals surface area contributed by atoms with Crippen LogP contribution < -0.4 is 5.32 Å². The van der Waals surface area contributed by atoms with E-state index in [-0.39, 0.29) is 17.8 Å². The molecule has 1 unspecified atom stereocenters. The molecule has 1 atom stereocenters. The fourth-order valence-electron chi connectivity index (χ4n) is 4.10. The molecule has 1 N–H and O–H groups in total. The van der Waals surface area contributed by atoms with Crippen molar-refractivity contribution in [3.05, 3.63) is 78.1 Å². The number of hydrogen-bond donors (Lipinski definition) is 1. The van der Waals surface area contributed by atoms with E-state index in [9.17, 15) is 17.6 Å². The van der Waals surface area contributed by atoms with Gasteiger partial charge in [-0.1, -0.05) is 42.5 Å². The average molecular weight is 470 g/mol. The monoisotopic (exact) mass is 469 g/mol. The van der Waals surface area contributed by atoms with Gasteiger partial charge in [0.2, 0.25) is 15.9 Å². The van der Waals surface area contributed by atoms with Gasteiger partial charge in [-0.3, -0.25) is 9.69 Å². The molecule has 33 heavy (non-hydrogen) atoms. The zero-order valence-corrected chi connectivity index (χ0v) is 19.4. The molecule has 1 aliphatic heterocycles. The van der Waals surface area contributed by atoms with Crippen molar-refractivity contribution in [2.45, 2.75) is 24.3 Å². The van der Waals surface area contributed by atoms with Gasteiger partial charge >= 0.3 is 0 Å². The van der Waals surface area contributed by atoms with Crippen LogP contribution in [0.3, 0.4) is 0 Å². The molecule has 0 aliphatic carbocycles. The third-order valence-electron chi connectivity index (χ3n) is 6.19. The van der Waals surface area contributed by atoms with E-state index >= 15 is 0 Å². The number of nitrogens with zero attached hydrogens (tertiary/aromatic N) is 2. The number of halogens is 1. The molecule has 174 valence electrons. The molecule has 4 rings (SSSR count). The van der Waals surface area contributed by atoms with E-state index in [1.807, 2.05) is 42.2 Å². The fourth-order valence-corrected chi connectivity index (χ4v) is 5.56. The molecule has 1 saturated heterocycles. The summed E-state index contributed by atoms with van der Waals surface area (Å²) in [5.41, 5.74) is 0.955. The number of carbonyl (C=O) groups excluding carboxylic acids is 1. The van der Waals surface area contributed by atoms with Crippen LogP contribution in [0.4, 0.5) is 4.39 Å². The van der Waals surface area contributed by atoms with Crippen molar-refractivity contribution in [2.75, 3.05) is 32.7 Å². The molecule has 6 nitrogen and oxygen atoms in total. The van der Waals surface area contributed by atoms with E-state index < -0.39 is 10.0 Å². The predicted molar refractivity (Wildman–Crippen MR) is 127 cm³/mol. The van der Waals surface area contributed by atoms with E-state index in [0.29, 0.717) is 44.0 Å². The van der Waals surface area contributed by atoms with E-state index in [4.69, 9.17) is 0 Å². The molecule has 3 aromatic carbocycles.